The monoisotopic (exact) mass is 223 g/mol. The van der Waals surface area contributed by atoms with Crippen LogP contribution < -0.4 is 0 Å². The maximum absolute atomic E-state index is 4.38. The lowest BCUT2D eigenvalue weighted by atomic mass is 10.2. The van der Waals surface area contributed by atoms with E-state index in [0.29, 0.717) is 0 Å². The van der Waals surface area contributed by atoms with Gasteiger partial charge < -0.3 is 4.57 Å². The van der Waals surface area contributed by atoms with Crippen molar-refractivity contribution < 1.29 is 0 Å². The molecule has 0 amide bonds. The van der Waals surface area contributed by atoms with Crippen LogP contribution in [0.4, 0.5) is 0 Å². The SMILES string of the molecule is Cc1cncc(Cn2cnc3ccccc32)c1. The van der Waals surface area contributed by atoms with E-state index in [4.69, 9.17) is 0 Å². The Balaban J connectivity index is 2.00. The average molecular weight is 223 g/mol. The Morgan fingerprint density at radius 1 is 1.18 bits per heavy atom. The highest BCUT2D eigenvalue weighted by atomic mass is 15.0. The third-order valence-corrected chi connectivity index (χ3v) is 2.81. The smallest absolute Gasteiger partial charge is 0.0961 e. The van der Waals surface area contributed by atoms with Gasteiger partial charge in [0, 0.05) is 12.4 Å². The van der Waals surface area contributed by atoms with E-state index < -0.39 is 0 Å². The van der Waals surface area contributed by atoms with Crippen LogP contribution >= 0.6 is 0 Å². The molecule has 1 aromatic carbocycles. The molecule has 0 spiro atoms. The standard InChI is InChI=1S/C14H13N3/c1-11-6-12(8-15-7-11)9-17-10-16-13-4-2-3-5-14(13)17/h2-8,10H,9H2,1H3. The average Bonchev–Trinajstić information content (AvgIpc) is 2.73. The van der Waals surface area contributed by atoms with Gasteiger partial charge in [0.25, 0.3) is 0 Å². The number of hydrogen-bond donors (Lipinski definition) is 0. The Hall–Kier alpha value is -2.16. The topological polar surface area (TPSA) is 30.7 Å². The number of nitrogens with zero attached hydrogens (tertiary/aromatic N) is 3. The number of para-hydroxylation sites is 2. The fourth-order valence-electron chi connectivity index (χ4n) is 2.04. The largest absolute Gasteiger partial charge is 0.326 e. The summed E-state index contributed by atoms with van der Waals surface area (Å²) in [6, 6.07) is 10.3. The summed E-state index contributed by atoms with van der Waals surface area (Å²) in [5.74, 6) is 0. The second kappa shape index (κ2) is 4.01. The molecule has 0 bridgehead atoms. The molecule has 0 fully saturated rings. The fraction of sp³-hybridized carbons (Fsp3) is 0.143. The molecule has 3 rings (SSSR count). The van der Waals surface area contributed by atoms with Crippen LogP contribution in [0.15, 0.2) is 49.1 Å². The minimum atomic E-state index is 0.815. The first-order valence-electron chi connectivity index (χ1n) is 5.63. The van der Waals surface area contributed by atoms with Gasteiger partial charge in [-0.25, -0.2) is 4.98 Å². The zero-order valence-electron chi connectivity index (χ0n) is 9.67. The van der Waals surface area contributed by atoms with Crippen molar-refractivity contribution in [3.05, 3.63) is 60.2 Å². The van der Waals surface area contributed by atoms with Crippen molar-refractivity contribution in [2.24, 2.45) is 0 Å². The summed E-state index contributed by atoms with van der Waals surface area (Å²) >= 11 is 0. The van der Waals surface area contributed by atoms with Crippen LogP contribution in [0.1, 0.15) is 11.1 Å². The number of imidazole rings is 1. The first kappa shape index (κ1) is 10.0. The molecular formula is C14H13N3. The molecule has 17 heavy (non-hydrogen) atoms. The molecule has 3 heteroatoms. The van der Waals surface area contributed by atoms with Crippen LogP contribution in [0.2, 0.25) is 0 Å². The molecule has 3 aromatic rings. The summed E-state index contributed by atoms with van der Waals surface area (Å²) in [7, 11) is 0. The zero-order valence-corrected chi connectivity index (χ0v) is 9.67. The lowest BCUT2D eigenvalue weighted by molar-refractivity contribution is 0.818. The molecule has 0 aliphatic rings. The van der Waals surface area contributed by atoms with Crippen LogP contribution in [0.5, 0.6) is 0 Å². The van der Waals surface area contributed by atoms with Crippen molar-refractivity contribution in [1.82, 2.24) is 14.5 Å². The van der Waals surface area contributed by atoms with Gasteiger partial charge in [0.1, 0.15) is 0 Å². The number of hydrogen-bond acceptors (Lipinski definition) is 2. The fourth-order valence-corrected chi connectivity index (χ4v) is 2.04. The lowest BCUT2D eigenvalue weighted by Gasteiger charge is -2.04. The van der Waals surface area contributed by atoms with Gasteiger partial charge in [0.05, 0.1) is 23.9 Å². The van der Waals surface area contributed by atoms with Crippen LogP contribution in [0, 0.1) is 6.92 Å². The van der Waals surface area contributed by atoms with Gasteiger partial charge in [-0.15, -0.1) is 0 Å². The number of aryl methyl sites for hydroxylation is 1. The molecule has 0 atom stereocenters. The van der Waals surface area contributed by atoms with Crippen molar-refractivity contribution in [3.63, 3.8) is 0 Å². The molecular weight excluding hydrogens is 210 g/mol. The van der Waals surface area contributed by atoms with E-state index >= 15 is 0 Å². The van der Waals surface area contributed by atoms with Crippen LogP contribution in [0.25, 0.3) is 11.0 Å². The maximum atomic E-state index is 4.38. The van der Waals surface area contributed by atoms with Crippen LogP contribution in [-0.2, 0) is 6.54 Å². The third kappa shape index (κ3) is 1.91. The minimum Gasteiger partial charge on any atom is -0.326 e. The molecule has 0 saturated heterocycles. The molecule has 2 heterocycles. The van der Waals surface area contributed by atoms with Crippen molar-refractivity contribution in [1.29, 1.82) is 0 Å². The van der Waals surface area contributed by atoms with Gasteiger partial charge in [-0.3, -0.25) is 4.98 Å². The molecule has 0 N–H and O–H groups in total. The minimum absolute atomic E-state index is 0.815. The van der Waals surface area contributed by atoms with E-state index in [-0.39, 0.29) is 0 Å². The number of benzene rings is 1. The van der Waals surface area contributed by atoms with Crippen molar-refractivity contribution in [3.8, 4) is 0 Å². The van der Waals surface area contributed by atoms with Crippen molar-refractivity contribution in [2.45, 2.75) is 13.5 Å². The van der Waals surface area contributed by atoms with E-state index in [9.17, 15) is 0 Å². The maximum Gasteiger partial charge on any atom is 0.0961 e. The molecule has 0 saturated carbocycles. The Bertz CT molecular complexity index is 655. The molecule has 0 aliphatic carbocycles. The number of pyridine rings is 1. The summed E-state index contributed by atoms with van der Waals surface area (Å²) in [5, 5.41) is 0. The van der Waals surface area contributed by atoms with Gasteiger partial charge in [-0.05, 0) is 30.2 Å². The Kier molecular flexibility index (Phi) is 2.37. The molecule has 0 aliphatic heterocycles. The summed E-state index contributed by atoms with van der Waals surface area (Å²) in [5.41, 5.74) is 4.59. The molecule has 2 aromatic heterocycles. The summed E-state index contributed by atoms with van der Waals surface area (Å²) < 4.78 is 2.14. The van der Waals surface area contributed by atoms with Crippen molar-refractivity contribution in [2.75, 3.05) is 0 Å². The molecule has 0 unspecified atom stereocenters. The highest BCUT2D eigenvalue weighted by Gasteiger charge is 2.02. The highest BCUT2D eigenvalue weighted by Crippen LogP contribution is 2.13. The first-order chi connectivity index (χ1) is 8.33. The van der Waals surface area contributed by atoms with E-state index in [1.165, 1.54) is 11.1 Å². The van der Waals surface area contributed by atoms with E-state index in [1.807, 2.05) is 36.9 Å². The van der Waals surface area contributed by atoms with Gasteiger partial charge in [-0.2, -0.15) is 0 Å². The second-order valence-electron chi connectivity index (χ2n) is 4.23. The highest BCUT2D eigenvalue weighted by molar-refractivity contribution is 5.75. The number of aromatic nitrogens is 3. The number of rotatable bonds is 2. The van der Waals surface area contributed by atoms with Gasteiger partial charge in [0.2, 0.25) is 0 Å². The van der Waals surface area contributed by atoms with E-state index in [0.717, 1.165) is 17.6 Å². The van der Waals surface area contributed by atoms with Crippen LogP contribution in [-0.4, -0.2) is 14.5 Å². The second-order valence-corrected chi connectivity index (χ2v) is 4.23. The summed E-state index contributed by atoms with van der Waals surface area (Å²) in [6.45, 7) is 2.87. The first-order valence-corrected chi connectivity index (χ1v) is 5.63. The molecule has 3 nitrogen and oxygen atoms in total. The predicted octanol–water partition coefficient (Wildman–Crippen LogP) is 2.79. The molecule has 84 valence electrons. The third-order valence-electron chi connectivity index (χ3n) is 2.81. The summed E-state index contributed by atoms with van der Waals surface area (Å²) in [4.78, 5) is 8.59. The zero-order chi connectivity index (χ0) is 11.7. The Morgan fingerprint density at radius 3 is 2.94 bits per heavy atom. The van der Waals surface area contributed by atoms with Gasteiger partial charge in [0.15, 0.2) is 0 Å². The number of fused-ring (bicyclic) bond motifs is 1. The van der Waals surface area contributed by atoms with Gasteiger partial charge in [-0.1, -0.05) is 18.2 Å². The van der Waals surface area contributed by atoms with Crippen LogP contribution in [0.3, 0.4) is 0 Å². The Labute approximate surface area is 99.8 Å². The van der Waals surface area contributed by atoms with E-state index in [1.54, 1.807) is 0 Å². The van der Waals surface area contributed by atoms with Gasteiger partial charge >= 0.3 is 0 Å². The normalized spacial score (nSPS) is 10.9. The molecule has 0 radical (unpaired) electrons. The lowest BCUT2D eigenvalue weighted by Crippen LogP contribution is -1.98. The quantitative estimate of drug-likeness (QED) is 0.668. The van der Waals surface area contributed by atoms with Crippen molar-refractivity contribution >= 4 is 11.0 Å². The predicted molar refractivity (Wildman–Crippen MR) is 67.8 cm³/mol. The van der Waals surface area contributed by atoms with E-state index in [2.05, 4.69) is 33.6 Å². The summed E-state index contributed by atoms with van der Waals surface area (Å²) in [6.07, 6.45) is 5.66. The Morgan fingerprint density at radius 2 is 2.06 bits per heavy atom.